The maximum atomic E-state index is 10.8. The highest BCUT2D eigenvalue weighted by Gasteiger charge is 2.10. The topological polar surface area (TPSA) is 105 Å². The standard InChI is InChI=1S/C21H15Br2N5O3/c22-16-9-14(11-24-27-21-25-18-3-1-2-4-19(18)26-21)10-17(23)20(16)31-12-13-5-7-15(8-6-13)28(29)30/h1-11H,12H2,(H2,25,26,27)/b24-11-. The van der Waals surface area contributed by atoms with Crippen molar-refractivity contribution in [3.63, 3.8) is 0 Å². The van der Waals surface area contributed by atoms with Crippen molar-refractivity contribution in [2.45, 2.75) is 6.61 Å². The van der Waals surface area contributed by atoms with Gasteiger partial charge in [-0.2, -0.15) is 5.10 Å². The second-order valence-electron chi connectivity index (χ2n) is 6.50. The molecule has 0 radical (unpaired) electrons. The molecule has 1 aromatic heterocycles. The maximum Gasteiger partial charge on any atom is 0.269 e. The number of nitrogens with one attached hydrogen (secondary N) is 2. The molecule has 2 N–H and O–H groups in total. The maximum absolute atomic E-state index is 10.8. The summed E-state index contributed by atoms with van der Waals surface area (Å²) in [5, 5.41) is 15.0. The van der Waals surface area contributed by atoms with E-state index in [0.29, 0.717) is 11.7 Å². The van der Waals surface area contributed by atoms with Gasteiger partial charge in [0.05, 0.1) is 31.1 Å². The molecule has 0 bridgehead atoms. The second-order valence-corrected chi connectivity index (χ2v) is 8.21. The summed E-state index contributed by atoms with van der Waals surface area (Å²) in [5.74, 6) is 1.18. The number of imidazole rings is 1. The van der Waals surface area contributed by atoms with Gasteiger partial charge in [-0.25, -0.2) is 10.4 Å². The number of anilines is 1. The van der Waals surface area contributed by atoms with Gasteiger partial charge in [-0.05, 0) is 79.4 Å². The number of hydrogen-bond donors (Lipinski definition) is 2. The summed E-state index contributed by atoms with van der Waals surface area (Å²) >= 11 is 7.03. The zero-order valence-electron chi connectivity index (χ0n) is 15.9. The van der Waals surface area contributed by atoms with Crippen LogP contribution in [0.1, 0.15) is 11.1 Å². The number of benzene rings is 3. The van der Waals surface area contributed by atoms with Crippen molar-refractivity contribution in [1.29, 1.82) is 0 Å². The van der Waals surface area contributed by atoms with Gasteiger partial charge >= 0.3 is 0 Å². The van der Waals surface area contributed by atoms with Crippen LogP contribution in [0.25, 0.3) is 11.0 Å². The average molecular weight is 545 g/mol. The first-order valence-electron chi connectivity index (χ1n) is 9.08. The van der Waals surface area contributed by atoms with Gasteiger partial charge in [0.1, 0.15) is 12.4 Å². The summed E-state index contributed by atoms with van der Waals surface area (Å²) < 4.78 is 7.37. The molecule has 0 fully saturated rings. The molecular formula is C21H15Br2N5O3. The quantitative estimate of drug-likeness (QED) is 0.168. The molecule has 0 unspecified atom stereocenters. The number of rotatable bonds is 7. The van der Waals surface area contributed by atoms with Crippen molar-refractivity contribution in [2.75, 3.05) is 5.43 Å². The molecule has 31 heavy (non-hydrogen) atoms. The molecular weight excluding hydrogens is 530 g/mol. The van der Waals surface area contributed by atoms with E-state index in [1.165, 1.54) is 12.1 Å². The van der Waals surface area contributed by atoms with Crippen LogP contribution in [-0.2, 0) is 6.61 Å². The zero-order valence-corrected chi connectivity index (χ0v) is 19.1. The Morgan fingerprint density at radius 1 is 1.13 bits per heavy atom. The van der Waals surface area contributed by atoms with E-state index in [1.54, 1.807) is 18.3 Å². The van der Waals surface area contributed by atoms with Crippen LogP contribution in [0.4, 0.5) is 11.6 Å². The number of nitrogens with zero attached hydrogens (tertiary/aromatic N) is 3. The minimum Gasteiger partial charge on any atom is -0.487 e. The predicted molar refractivity (Wildman–Crippen MR) is 127 cm³/mol. The lowest BCUT2D eigenvalue weighted by Crippen LogP contribution is -1.99. The highest BCUT2D eigenvalue weighted by molar-refractivity contribution is 9.11. The van der Waals surface area contributed by atoms with Crippen molar-refractivity contribution in [1.82, 2.24) is 9.97 Å². The molecule has 156 valence electrons. The van der Waals surface area contributed by atoms with E-state index in [4.69, 9.17) is 4.74 Å². The van der Waals surface area contributed by atoms with Gasteiger partial charge in [-0.3, -0.25) is 10.1 Å². The van der Waals surface area contributed by atoms with Crippen LogP contribution in [-0.4, -0.2) is 21.1 Å². The fraction of sp³-hybridized carbons (Fsp3) is 0.0476. The Labute approximate surface area is 193 Å². The molecule has 4 aromatic rings. The fourth-order valence-corrected chi connectivity index (χ4v) is 4.29. The minimum atomic E-state index is -0.429. The molecule has 10 heteroatoms. The number of hydrogen-bond acceptors (Lipinski definition) is 6. The number of para-hydroxylation sites is 2. The highest BCUT2D eigenvalue weighted by Crippen LogP contribution is 2.35. The van der Waals surface area contributed by atoms with Gasteiger partial charge in [0.2, 0.25) is 5.95 Å². The third-order valence-electron chi connectivity index (χ3n) is 4.32. The summed E-state index contributed by atoms with van der Waals surface area (Å²) in [6, 6.07) is 17.7. The molecule has 0 aliphatic carbocycles. The van der Waals surface area contributed by atoms with Gasteiger partial charge in [-0.1, -0.05) is 12.1 Å². The van der Waals surface area contributed by atoms with Crippen LogP contribution in [0.2, 0.25) is 0 Å². The largest absolute Gasteiger partial charge is 0.487 e. The minimum absolute atomic E-state index is 0.0472. The SMILES string of the molecule is O=[N+]([O-])c1ccc(COc2c(Br)cc(/C=N\Nc3nc4ccccc4[nH]3)cc2Br)cc1. The van der Waals surface area contributed by atoms with Gasteiger partial charge in [0.25, 0.3) is 5.69 Å². The smallest absolute Gasteiger partial charge is 0.269 e. The van der Waals surface area contributed by atoms with Crippen LogP contribution in [0.3, 0.4) is 0 Å². The normalized spacial score (nSPS) is 11.2. The Morgan fingerprint density at radius 2 is 1.84 bits per heavy atom. The molecule has 0 aliphatic heterocycles. The van der Waals surface area contributed by atoms with Gasteiger partial charge in [0, 0.05) is 12.1 Å². The highest BCUT2D eigenvalue weighted by atomic mass is 79.9. The van der Waals surface area contributed by atoms with Gasteiger partial charge in [0.15, 0.2) is 0 Å². The molecule has 0 saturated carbocycles. The van der Waals surface area contributed by atoms with Crippen molar-refractivity contribution >= 4 is 60.7 Å². The molecule has 4 rings (SSSR count). The molecule has 0 amide bonds. The van der Waals surface area contributed by atoms with Crippen LogP contribution in [0, 0.1) is 10.1 Å². The number of non-ortho nitro benzene ring substituents is 1. The second kappa shape index (κ2) is 9.27. The van der Waals surface area contributed by atoms with E-state index in [0.717, 1.165) is 31.1 Å². The molecule has 0 saturated heterocycles. The van der Waals surface area contributed by atoms with E-state index in [9.17, 15) is 10.1 Å². The number of nitro groups is 1. The third kappa shape index (κ3) is 5.09. The van der Waals surface area contributed by atoms with Crippen molar-refractivity contribution in [2.24, 2.45) is 5.10 Å². The lowest BCUT2D eigenvalue weighted by Gasteiger charge is -2.11. The first kappa shape index (κ1) is 21.0. The number of halogens is 2. The number of hydrazone groups is 1. The Bertz CT molecular complexity index is 1220. The van der Waals surface area contributed by atoms with E-state index in [2.05, 4.69) is 52.4 Å². The first-order valence-corrected chi connectivity index (χ1v) is 10.7. The molecule has 3 aromatic carbocycles. The summed E-state index contributed by atoms with van der Waals surface area (Å²) in [7, 11) is 0. The van der Waals surface area contributed by atoms with Crippen molar-refractivity contribution < 1.29 is 9.66 Å². The summed E-state index contributed by atoms with van der Waals surface area (Å²) in [6.07, 6.45) is 1.67. The van der Waals surface area contributed by atoms with E-state index >= 15 is 0 Å². The number of nitro benzene ring substituents is 1. The average Bonchev–Trinajstić information content (AvgIpc) is 3.16. The van der Waals surface area contributed by atoms with Gasteiger partial charge in [-0.15, -0.1) is 0 Å². The number of ether oxygens (including phenoxy) is 1. The molecule has 8 nitrogen and oxygen atoms in total. The monoisotopic (exact) mass is 543 g/mol. The van der Waals surface area contributed by atoms with Crippen molar-refractivity contribution in [3.8, 4) is 5.75 Å². The number of aromatic nitrogens is 2. The Kier molecular flexibility index (Phi) is 6.28. The first-order chi connectivity index (χ1) is 15.0. The van der Waals surface area contributed by atoms with Crippen LogP contribution in [0.15, 0.2) is 74.7 Å². The van der Waals surface area contributed by atoms with E-state index < -0.39 is 4.92 Å². The zero-order chi connectivity index (χ0) is 21.8. The summed E-state index contributed by atoms with van der Waals surface area (Å²) in [6.45, 7) is 0.274. The molecule has 0 atom stereocenters. The lowest BCUT2D eigenvalue weighted by molar-refractivity contribution is -0.384. The summed E-state index contributed by atoms with van der Waals surface area (Å²) in [4.78, 5) is 17.9. The lowest BCUT2D eigenvalue weighted by atomic mass is 10.2. The van der Waals surface area contributed by atoms with E-state index in [1.807, 2.05) is 36.4 Å². The predicted octanol–water partition coefficient (Wildman–Crippen LogP) is 6.02. The Balaban J connectivity index is 1.41. The third-order valence-corrected chi connectivity index (χ3v) is 5.50. The number of H-pyrrole nitrogens is 1. The molecule has 1 heterocycles. The van der Waals surface area contributed by atoms with E-state index in [-0.39, 0.29) is 12.3 Å². The van der Waals surface area contributed by atoms with Crippen LogP contribution in [0.5, 0.6) is 5.75 Å². The van der Waals surface area contributed by atoms with Gasteiger partial charge < -0.3 is 9.72 Å². The Morgan fingerprint density at radius 3 is 2.52 bits per heavy atom. The number of aromatic amines is 1. The Hall–Kier alpha value is -3.24. The van der Waals surface area contributed by atoms with Crippen LogP contribution < -0.4 is 10.2 Å². The molecule has 0 spiro atoms. The van der Waals surface area contributed by atoms with Crippen molar-refractivity contribution in [3.05, 3.63) is 90.9 Å². The molecule has 0 aliphatic rings. The summed E-state index contributed by atoms with van der Waals surface area (Å²) in [5.41, 5.74) is 6.39. The fourth-order valence-electron chi connectivity index (χ4n) is 2.84. The van der Waals surface area contributed by atoms with Crippen LogP contribution >= 0.6 is 31.9 Å². The number of fused-ring (bicyclic) bond motifs is 1.